The van der Waals surface area contributed by atoms with Crippen LogP contribution in [0.2, 0.25) is 0 Å². The molecule has 2 fully saturated rings. The second-order valence-corrected chi connectivity index (χ2v) is 7.84. The lowest BCUT2D eigenvalue weighted by atomic mass is 9.81. The quantitative estimate of drug-likeness (QED) is 0.362. The first kappa shape index (κ1) is 23.5. The van der Waals surface area contributed by atoms with Crippen molar-refractivity contribution in [1.82, 2.24) is 9.88 Å². The summed E-state index contributed by atoms with van der Waals surface area (Å²) < 4.78 is 15.3. The number of fused-ring (bicyclic) bond motifs is 1. The van der Waals surface area contributed by atoms with E-state index in [0.29, 0.717) is 18.4 Å². The van der Waals surface area contributed by atoms with Gasteiger partial charge >= 0.3 is 17.9 Å². The molecule has 1 saturated heterocycles. The van der Waals surface area contributed by atoms with E-state index in [0.717, 1.165) is 17.7 Å². The number of likely N-dealkylation sites (tertiary alicyclic amines) is 1. The number of nitrogens with zero attached hydrogens (tertiary/aromatic N) is 1. The van der Waals surface area contributed by atoms with Crippen LogP contribution >= 0.6 is 0 Å². The highest BCUT2D eigenvalue weighted by Crippen LogP contribution is 2.37. The van der Waals surface area contributed by atoms with Crippen molar-refractivity contribution in [3.05, 3.63) is 22.5 Å². The van der Waals surface area contributed by atoms with Gasteiger partial charge in [0.25, 0.3) is 0 Å². The minimum absolute atomic E-state index is 0.0647. The zero-order chi connectivity index (χ0) is 23.4. The Morgan fingerprint density at radius 3 is 2.06 bits per heavy atom. The van der Waals surface area contributed by atoms with Crippen molar-refractivity contribution in [3.63, 3.8) is 0 Å². The Kier molecular flexibility index (Phi) is 7.32. The lowest BCUT2D eigenvalue weighted by Gasteiger charge is -2.19. The van der Waals surface area contributed by atoms with Gasteiger partial charge in [0.15, 0.2) is 0 Å². The molecule has 2 heterocycles. The monoisotopic (exact) mass is 448 g/mol. The third-order valence-electron chi connectivity index (χ3n) is 5.88. The van der Waals surface area contributed by atoms with Gasteiger partial charge in [-0.15, -0.1) is 0 Å². The predicted molar refractivity (Wildman–Crippen MR) is 109 cm³/mol. The lowest BCUT2D eigenvalue weighted by Crippen LogP contribution is -2.36. The molecule has 10 heteroatoms. The highest BCUT2D eigenvalue weighted by molar-refractivity contribution is 6.07. The number of nitrogens with one attached hydrogen (secondary N) is 1. The molecular formula is C22H28N2O8. The molecule has 1 aliphatic heterocycles. The van der Waals surface area contributed by atoms with Crippen molar-refractivity contribution in [2.24, 2.45) is 11.8 Å². The lowest BCUT2D eigenvalue weighted by molar-refractivity contribution is -0.153. The number of aromatic amines is 1. The maximum Gasteiger partial charge on any atom is 0.355 e. The topological polar surface area (TPSA) is 132 Å². The van der Waals surface area contributed by atoms with E-state index in [9.17, 15) is 24.0 Å². The number of amides is 2. The average molecular weight is 448 g/mol. The molecule has 0 bridgehead atoms. The molecular weight excluding hydrogens is 420 g/mol. The summed E-state index contributed by atoms with van der Waals surface area (Å²) in [6, 6.07) is 0. The Bertz CT molecular complexity index is 911. The van der Waals surface area contributed by atoms with E-state index in [1.807, 2.05) is 0 Å². The fourth-order valence-corrected chi connectivity index (χ4v) is 4.37. The number of aromatic nitrogens is 1. The molecule has 1 aromatic rings. The molecule has 0 radical (unpaired) electrons. The van der Waals surface area contributed by atoms with Gasteiger partial charge in [0, 0.05) is 0 Å². The Morgan fingerprint density at radius 1 is 0.938 bits per heavy atom. The van der Waals surface area contributed by atoms with Crippen LogP contribution < -0.4 is 0 Å². The van der Waals surface area contributed by atoms with E-state index < -0.39 is 24.5 Å². The van der Waals surface area contributed by atoms with Gasteiger partial charge in [-0.1, -0.05) is 12.8 Å². The molecule has 0 aromatic carbocycles. The number of ether oxygens (including phenoxy) is 3. The standard InChI is InChI=1S/C22H28N2O8/c1-4-30-21(28)17-12(3)18(22(29)31-5-2)23-15(17)11-32-16(25)10-24-19(26)13-8-6-7-9-14(13)20(24)27/h13-14,23H,4-11H2,1-3H3. The summed E-state index contributed by atoms with van der Waals surface area (Å²) >= 11 is 0. The number of carbonyl (C=O) groups is 5. The minimum Gasteiger partial charge on any atom is -0.462 e. The maximum atomic E-state index is 12.5. The van der Waals surface area contributed by atoms with E-state index in [4.69, 9.17) is 14.2 Å². The van der Waals surface area contributed by atoms with Gasteiger partial charge in [-0.25, -0.2) is 9.59 Å². The summed E-state index contributed by atoms with van der Waals surface area (Å²) in [5, 5.41) is 0. The van der Waals surface area contributed by atoms with Gasteiger partial charge in [-0.2, -0.15) is 0 Å². The highest BCUT2D eigenvalue weighted by atomic mass is 16.5. The molecule has 2 aliphatic rings. The Balaban J connectivity index is 1.71. The number of esters is 3. The number of carbonyl (C=O) groups excluding carboxylic acids is 5. The Morgan fingerprint density at radius 2 is 1.50 bits per heavy atom. The van der Waals surface area contributed by atoms with Gasteiger partial charge in [0.05, 0.1) is 36.3 Å². The Hall–Kier alpha value is -3.17. The smallest absolute Gasteiger partial charge is 0.355 e. The first-order valence-electron chi connectivity index (χ1n) is 10.9. The van der Waals surface area contributed by atoms with Crippen LogP contribution in [0.15, 0.2) is 0 Å². The molecule has 174 valence electrons. The van der Waals surface area contributed by atoms with E-state index in [2.05, 4.69) is 4.98 Å². The van der Waals surface area contributed by atoms with Crippen LogP contribution in [-0.4, -0.2) is 59.4 Å². The molecule has 3 rings (SSSR count). The normalized spacial score (nSPS) is 20.2. The van der Waals surface area contributed by atoms with Crippen molar-refractivity contribution in [1.29, 1.82) is 0 Å². The van der Waals surface area contributed by atoms with E-state index in [1.165, 1.54) is 0 Å². The molecule has 1 saturated carbocycles. The molecule has 2 unspecified atom stereocenters. The largest absolute Gasteiger partial charge is 0.462 e. The second-order valence-electron chi connectivity index (χ2n) is 7.84. The number of H-pyrrole nitrogens is 1. The fraction of sp³-hybridized carbons (Fsp3) is 0.591. The number of imide groups is 1. The molecule has 10 nitrogen and oxygen atoms in total. The predicted octanol–water partition coefficient (Wildman–Crippen LogP) is 1.89. The minimum atomic E-state index is -0.787. The van der Waals surface area contributed by atoms with Crippen molar-refractivity contribution < 1.29 is 38.2 Å². The van der Waals surface area contributed by atoms with Crippen LogP contribution in [-0.2, 0) is 35.2 Å². The maximum absolute atomic E-state index is 12.5. The van der Waals surface area contributed by atoms with Crippen LogP contribution in [0.4, 0.5) is 0 Å². The number of hydrogen-bond donors (Lipinski definition) is 1. The molecule has 1 aromatic heterocycles. The van der Waals surface area contributed by atoms with Gasteiger partial charge in [-0.05, 0) is 39.2 Å². The summed E-state index contributed by atoms with van der Waals surface area (Å²) in [7, 11) is 0. The van der Waals surface area contributed by atoms with Crippen molar-refractivity contribution in [2.75, 3.05) is 19.8 Å². The molecule has 1 aliphatic carbocycles. The molecule has 0 spiro atoms. The molecule has 2 atom stereocenters. The van der Waals surface area contributed by atoms with Crippen LogP contribution in [0.25, 0.3) is 0 Å². The average Bonchev–Trinajstić information content (AvgIpc) is 3.22. The second kappa shape index (κ2) is 9.97. The van der Waals surface area contributed by atoms with Gasteiger partial charge < -0.3 is 19.2 Å². The van der Waals surface area contributed by atoms with Crippen molar-refractivity contribution in [3.8, 4) is 0 Å². The first-order valence-corrected chi connectivity index (χ1v) is 10.9. The molecule has 2 amide bonds. The van der Waals surface area contributed by atoms with E-state index in [1.54, 1.807) is 20.8 Å². The molecule has 1 N–H and O–H groups in total. The molecule has 32 heavy (non-hydrogen) atoms. The summed E-state index contributed by atoms with van der Waals surface area (Å²) in [5.74, 6) is -3.46. The van der Waals surface area contributed by atoms with Gasteiger partial charge in [-0.3, -0.25) is 19.3 Å². The van der Waals surface area contributed by atoms with Crippen LogP contribution in [0.1, 0.15) is 71.6 Å². The van der Waals surface area contributed by atoms with Crippen LogP contribution in [0, 0.1) is 18.8 Å². The first-order chi connectivity index (χ1) is 15.3. The fourth-order valence-electron chi connectivity index (χ4n) is 4.37. The number of hydrogen-bond acceptors (Lipinski definition) is 8. The third kappa shape index (κ3) is 4.53. The van der Waals surface area contributed by atoms with E-state index in [-0.39, 0.29) is 60.4 Å². The zero-order valence-corrected chi connectivity index (χ0v) is 18.5. The summed E-state index contributed by atoms with van der Waals surface area (Å²) in [5.41, 5.74) is 0.643. The number of rotatable bonds is 8. The van der Waals surface area contributed by atoms with Gasteiger partial charge in [0.2, 0.25) is 11.8 Å². The van der Waals surface area contributed by atoms with E-state index >= 15 is 0 Å². The van der Waals surface area contributed by atoms with Crippen molar-refractivity contribution >= 4 is 29.7 Å². The third-order valence-corrected chi connectivity index (χ3v) is 5.88. The zero-order valence-electron chi connectivity index (χ0n) is 18.5. The van der Waals surface area contributed by atoms with Crippen molar-refractivity contribution in [2.45, 2.75) is 53.1 Å². The SMILES string of the molecule is CCOC(=O)c1[nH]c(COC(=O)CN2C(=O)C3CCCCC3C2=O)c(C(=O)OCC)c1C. The summed E-state index contributed by atoms with van der Waals surface area (Å²) in [4.78, 5) is 65.8. The van der Waals surface area contributed by atoms with Gasteiger partial charge in [0.1, 0.15) is 18.8 Å². The summed E-state index contributed by atoms with van der Waals surface area (Å²) in [6.07, 6.45) is 3.10. The highest BCUT2D eigenvalue weighted by Gasteiger charge is 2.48. The van der Waals surface area contributed by atoms with Crippen LogP contribution in [0.5, 0.6) is 0 Å². The van der Waals surface area contributed by atoms with Crippen LogP contribution in [0.3, 0.4) is 0 Å². The summed E-state index contributed by atoms with van der Waals surface area (Å²) in [6.45, 7) is 4.29. The Labute approximate surface area is 185 Å².